The lowest BCUT2D eigenvalue weighted by molar-refractivity contribution is 0.203. The fraction of sp³-hybridized carbons (Fsp3) is 0.667. The van der Waals surface area contributed by atoms with E-state index in [-0.39, 0.29) is 0 Å². The van der Waals surface area contributed by atoms with Crippen LogP contribution in [0, 0.1) is 10.8 Å². The zero-order valence-electron chi connectivity index (χ0n) is 12.6. The molecule has 0 aromatic carbocycles. The topological polar surface area (TPSA) is 45.0 Å². The summed E-state index contributed by atoms with van der Waals surface area (Å²) in [5, 5.41) is 2.98. The van der Waals surface area contributed by atoms with Gasteiger partial charge in [-0.1, -0.05) is 32.2 Å². The second-order valence-electron chi connectivity index (χ2n) is 4.68. The van der Waals surface area contributed by atoms with Crippen molar-refractivity contribution in [2.75, 3.05) is 26.2 Å². The highest BCUT2D eigenvalue weighted by Crippen LogP contribution is 2.17. The lowest BCUT2D eigenvalue weighted by atomic mass is 9.97. The van der Waals surface area contributed by atoms with Gasteiger partial charge < -0.3 is 0 Å². The maximum atomic E-state index is 10.2. The molecule has 1 saturated heterocycles. The van der Waals surface area contributed by atoms with E-state index in [2.05, 4.69) is 28.2 Å². The van der Waals surface area contributed by atoms with Crippen LogP contribution in [0.25, 0.3) is 0 Å². The van der Waals surface area contributed by atoms with Gasteiger partial charge in [0, 0.05) is 18.5 Å². The number of hydrogen-bond acceptors (Lipinski definition) is 4. The molecule has 0 radical (unpaired) electrons. The largest absolute Gasteiger partial charge is 0.299 e. The highest BCUT2D eigenvalue weighted by atomic mass is 16.3. The van der Waals surface area contributed by atoms with Gasteiger partial charge in [-0.15, -0.1) is 0 Å². The first-order valence-corrected chi connectivity index (χ1v) is 7.00. The van der Waals surface area contributed by atoms with E-state index in [0.717, 1.165) is 43.7 Å². The Labute approximate surface area is 117 Å². The third-order valence-electron chi connectivity index (χ3n) is 2.93. The molecule has 0 aliphatic carbocycles. The Hall–Kier alpha value is -1.29. The summed E-state index contributed by atoms with van der Waals surface area (Å²) in [4.78, 5) is 16.7. The molecule has 0 spiro atoms. The Balaban J connectivity index is 0.00000154. The molecule has 4 heteroatoms. The first kappa shape index (κ1) is 17.7. The molecule has 0 amide bonds. The van der Waals surface area contributed by atoms with Crippen LogP contribution in [0.5, 0.6) is 0 Å². The molecule has 1 rings (SSSR count). The van der Waals surface area contributed by atoms with Gasteiger partial charge in [-0.05, 0) is 44.3 Å². The van der Waals surface area contributed by atoms with Crippen LogP contribution in [-0.2, 0) is 0 Å². The number of allylic oxidation sites excluding steroid dienone is 1. The summed E-state index contributed by atoms with van der Waals surface area (Å²) < 4.78 is 0. The van der Waals surface area contributed by atoms with Crippen LogP contribution in [0.3, 0.4) is 0 Å². The lowest BCUT2D eigenvalue weighted by Crippen LogP contribution is -2.35. The van der Waals surface area contributed by atoms with E-state index in [4.69, 9.17) is 0 Å². The van der Waals surface area contributed by atoms with E-state index in [9.17, 15) is 4.91 Å². The number of nitrogens with zero attached hydrogens (tertiary/aromatic N) is 3. The first-order chi connectivity index (χ1) is 9.11. The number of aliphatic imine (C=N–C) groups is 1. The third-order valence-corrected chi connectivity index (χ3v) is 2.93. The summed E-state index contributed by atoms with van der Waals surface area (Å²) >= 11 is 0. The van der Waals surface area contributed by atoms with E-state index >= 15 is 0 Å². The molecule has 0 unspecified atom stereocenters. The molecule has 1 aliphatic rings. The third kappa shape index (κ3) is 8.43. The Morgan fingerprint density at radius 1 is 1.32 bits per heavy atom. The average molecular weight is 265 g/mol. The smallest absolute Gasteiger partial charge is 0.0840 e. The number of piperidine rings is 1. The van der Waals surface area contributed by atoms with Gasteiger partial charge in [-0.25, -0.2) is 0 Å². The van der Waals surface area contributed by atoms with Crippen LogP contribution in [0.2, 0.25) is 0 Å². The Morgan fingerprint density at radius 2 is 1.89 bits per heavy atom. The molecule has 1 aliphatic heterocycles. The van der Waals surface area contributed by atoms with Gasteiger partial charge in [0.25, 0.3) is 0 Å². The molecular formula is C15H27N3O. The minimum absolute atomic E-state index is 0.464. The predicted octanol–water partition coefficient (Wildman–Crippen LogP) is 3.65. The van der Waals surface area contributed by atoms with Crippen molar-refractivity contribution in [1.29, 1.82) is 0 Å². The minimum atomic E-state index is 0.464. The quantitative estimate of drug-likeness (QED) is 0.543. The van der Waals surface area contributed by atoms with E-state index in [1.807, 2.05) is 20.8 Å². The van der Waals surface area contributed by atoms with Crippen molar-refractivity contribution in [2.45, 2.75) is 33.6 Å². The zero-order valence-corrected chi connectivity index (χ0v) is 12.6. The van der Waals surface area contributed by atoms with Crippen LogP contribution in [0.4, 0.5) is 0 Å². The minimum Gasteiger partial charge on any atom is -0.299 e. The lowest BCUT2D eigenvalue weighted by Gasteiger charge is -2.30. The van der Waals surface area contributed by atoms with Crippen molar-refractivity contribution >= 4 is 6.21 Å². The van der Waals surface area contributed by atoms with E-state index in [1.54, 1.807) is 6.21 Å². The summed E-state index contributed by atoms with van der Waals surface area (Å²) in [7, 11) is 0. The number of hydrogen-bond donors (Lipinski definition) is 0. The molecule has 0 saturated carbocycles. The first-order valence-electron chi connectivity index (χ1n) is 7.00. The van der Waals surface area contributed by atoms with Crippen molar-refractivity contribution in [3.8, 4) is 0 Å². The van der Waals surface area contributed by atoms with Gasteiger partial charge in [0.1, 0.15) is 0 Å². The van der Waals surface area contributed by atoms with Crippen molar-refractivity contribution in [1.82, 2.24) is 4.90 Å². The van der Waals surface area contributed by atoms with Crippen LogP contribution in [-0.4, -0.2) is 37.3 Å². The van der Waals surface area contributed by atoms with Crippen LogP contribution in [0.15, 0.2) is 34.6 Å². The number of nitroso groups, excluding NO2 is 1. The average Bonchev–Trinajstić information content (AvgIpc) is 2.41. The zero-order chi connectivity index (χ0) is 14.7. The summed E-state index contributed by atoms with van der Waals surface area (Å²) in [6, 6.07) is 0. The molecule has 0 aromatic heterocycles. The second kappa shape index (κ2) is 10.6. The molecule has 1 fully saturated rings. The van der Waals surface area contributed by atoms with Crippen LogP contribution < -0.4 is 0 Å². The monoisotopic (exact) mass is 265 g/mol. The van der Waals surface area contributed by atoms with E-state index in [0.29, 0.717) is 12.5 Å². The molecule has 0 N–H and O–H groups in total. The number of likely N-dealkylation sites (tertiary alicyclic amines) is 1. The fourth-order valence-corrected chi connectivity index (χ4v) is 1.96. The van der Waals surface area contributed by atoms with Crippen molar-refractivity contribution in [2.24, 2.45) is 16.1 Å². The summed E-state index contributed by atoms with van der Waals surface area (Å²) in [5.41, 5.74) is 1.79. The molecule has 4 nitrogen and oxygen atoms in total. The Bertz CT molecular complexity index is 315. The van der Waals surface area contributed by atoms with Crippen LogP contribution in [0.1, 0.15) is 33.6 Å². The maximum absolute atomic E-state index is 10.2. The van der Waals surface area contributed by atoms with Gasteiger partial charge in [-0.2, -0.15) is 4.91 Å². The van der Waals surface area contributed by atoms with Gasteiger partial charge in [0.15, 0.2) is 0 Å². The maximum Gasteiger partial charge on any atom is 0.0840 e. The molecule has 0 bridgehead atoms. The molecule has 19 heavy (non-hydrogen) atoms. The van der Waals surface area contributed by atoms with Crippen LogP contribution >= 0.6 is 0 Å². The van der Waals surface area contributed by atoms with Gasteiger partial charge >= 0.3 is 0 Å². The molecule has 108 valence electrons. The molecular weight excluding hydrogens is 238 g/mol. The van der Waals surface area contributed by atoms with Crippen molar-refractivity contribution in [3.05, 3.63) is 29.3 Å². The number of rotatable bonds is 6. The standard InChI is InChI=1S/C13H21N3O.C2H6/c1-11(2)14-8-12(3)10-16-6-4-13(5-7-16)9-15-17;1-2/h8,13H,1,3-7,9-10H2,2H3;1-2H3. The summed E-state index contributed by atoms with van der Waals surface area (Å²) in [6.07, 6.45) is 3.88. The fourth-order valence-electron chi connectivity index (χ4n) is 1.96. The van der Waals surface area contributed by atoms with E-state index in [1.165, 1.54) is 0 Å². The Kier molecular flexibility index (Phi) is 9.90. The second-order valence-corrected chi connectivity index (χ2v) is 4.68. The highest BCUT2D eigenvalue weighted by Gasteiger charge is 2.19. The highest BCUT2D eigenvalue weighted by molar-refractivity contribution is 5.78. The van der Waals surface area contributed by atoms with Gasteiger partial charge in [-0.3, -0.25) is 9.89 Å². The van der Waals surface area contributed by atoms with Crippen molar-refractivity contribution < 1.29 is 0 Å². The van der Waals surface area contributed by atoms with Gasteiger partial charge in [0.2, 0.25) is 0 Å². The van der Waals surface area contributed by atoms with Crippen molar-refractivity contribution in [3.63, 3.8) is 0 Å². The molecule has 0 aromatic rings. The van der Waals surface area contributed by atoms with E-state index < -0.39 is 0 Å². The summed E-state index contributed by atoms with van der Waals surface area (Å²) in [5.74, 6) is 0.473. The summed E-state index contributed by atoms with van der Waals surface area (Å²) in [6.45, 7) is 16.9. The Morgan fingerprint density at radius 3 is 2.37 bits per heavy atom. The normalized spacial score (nSPS) is 16.8. The predicted molar refractivity (Wildman–Crippen MR) is 83.6 cm³/mol. The SMILES string of the molecule is C=C(C=NC(=C)C)CN1CCC(CN=O)CC1.CC. The molecule has 1 heterocycles. The molecule has 0 atom stereocenters. The van der Waals surface area contributed by atoms with Gasteiger partial charge in [0.05, 0.1) is 6.54 Å².